The summed E-state index contributed by atoms with van der Waals surface area (Å²) >= 11 is 3.19. The first-order valence-corrected chi connectivity index (χ1v) is 11.1. The maximum atomic E-state index is 12.8. The van der Waals surface area contributed by atoms with Crippen LogP contribution in [0.2, 0.25) is 0 Å². The van der Waals surface area contributed by atoms with Gasteiger partial charge >= 0.3 is 0 Å². The fourth-order valence-corrected chi connectivity index (χ4v) is 5.07. The maximum absolute atomic E-state index is 12.8. The van der Waals surface area contributed by atoms with E-state index in [1.54, 1.807) is 47.4 Å². The van der Waals surface area contributed by atoms with Gasteiger partial charge in [0, 0.05) is 40.1 Å². The largest absolute Gasteiger partial charge is 0.322 e. The molecule has 0 saturated carbocycles. The van der Waals surface area contributed by atoms with Gasteiger partial charge in [0.15, 0.2) is 4.34 Å². The van der Waals surface area contributed by atoms with Crippen LogP contribution in [0.4, 0.5) is 11.4 Å². The number of hydrogen-bond donors (Lipinski definition) is 1. The fourth-order valence-electron chi connectivity index (χ4n) is 3.17. The normalized spacial score (nSPS) is 13.7. The van der Waals surface area contributed by atoms with Crippen LogP contribution < -0.4 is 10.2 Å². The molecule has 3 aromatic rings. The zero-order valence-corrected chi connectivity index (χ0v) is 18.1. The van der Waals surface area contributed by atoms with Crippen LogP contribution >= 0.6 is 23.1 Å². The summed E-state index contributed by atoms with van der Waals surface area (Å²) in [5.74, 6) is -0.774. The number of imide groups is 1. The molecule has 1 saturated heterocycles. The van der Waals surface area contributed by atoms with Gasteiger partial charge in [0.2, 0.25) is 11.8 Å². The monoisotopic (exact) mass is 437 g/mol. The van der Waals surface area contributed by atoms with Crippen LogP contribution in [0.15, 0.2) is 57.1 Å². The molecule has 1 aliphatic rings. The summed E-state index contributed by atoms with van der Waals surface area (Å²) in [6.45, 7) is 3.90. The number of carbonyl (C=O) groups is 3. The number of thiazole rings is 1. The lowest BCUT2D eigenvalue weighted by atomic mass is 10.1. The number of rotatable bonds is 5. The number of carbonyl (C=O) groups excluding carboxylic acids is 3. The lowest BCUT2D eigenvalue weighted by Crippen LogP contribution is -2.28. The smallest absolute Gasteiger partial charge is 0.255 e. The van der Waals surface area contributed by atoms with Crippen molar-refractivity contribution in [1.29, 1.82) is 0 Å². The zero-order valence-electron chi connectivity index (χ0n) is 16.5. The van der Waals surface area contributed by atoms with E-state index in [2.05, 4.69) is 10.3 Å². The quantitative estimate of drug-likeness (QED) is 0.579. The van der Waals surface area contributed by atoms with E-state index in [0.29, 0.717) is 16.9 Å². The van der Waals surface area contributed by atoms with Gasteiger partial charge in [-0.15, -0.1) is 11.3 Å². The number of aryl methyl sites for hydroxylation is 2. The Morgan fingerprint density at radius 2 is 1.87 bits per heavy atom. The maximum Gasteiger partial charge on any atom is 0.255 e. The topological polar surface area (TPSA) is 79.4 Å². The highest BCUT2D eigenvalue weighted by atomic mass is 32.2. The molecule has 0 radical (unpaired) electrons. The highest BCUT2D eigenvalue weighted by Crippen LogP contribution is 2.32. The van der Waals surface area contributed by atoms with Crippen molar-refractivity contribution < 1.29 is 14.4 Å². The molecule has 0 atom stereocenters. The number of anilines is 2. The zero-order chi connectivity index (χ0) is 21.3. The molecule has 0 aliphatic carbocycles. The Balaban J connectivity index is 1.49. The van der Waals surface area contributed by atoms with E-state index in [4.69, 9.17) is 0 Å². The molecule has 0 spiro atoms. The van der Waals surface area contributed by atoms with Crippen LogP contribution in [0.5, 0.6) is 0 Å². The Hall–Kier alpha value is -2.97. The van der Waals surface area contributed by atoms with E-state index in [9.17, 15) is 14.4 Å². The minimum atomic E-state index is -0.296. The van der Waals surface area contributed by atoms with Crippen LogP contribution in [0.25, 0.3) is 0 Å². The number of aromatic nitrogens is 1. The Bertz CT molecular complexity index is 1140. The second-order valence-corrected chi connectivity index (χ2v) is 9.14. The molecule has 0 bridgehead atoms. The second kappa shape index (κ2) is 8.41. The molecule has 6 nitrogen and oxygen atoms in total. The average Bonchev–Trinajstić information content (AvgIpc) is 3.28. The van der Waals surface area contributed by atoms with Crippen molar-refractivity contribution >= 4 is 52.2 Å². The number of hydrogen-bond acceptors (Lipinski definition) is 6. The van der Waals surface area contributed by atoms with Gasteiger partial charge in [-0.25, -0.2) is 4.98 Å². The van der Waals surface area contributed by atoms with E-state index in [1.165, 1.54) is 0 Å². The lowest BCUT2D eigenvalue weighted by Gasteiger charge is -2.15. The summed E-state index contributed by atoms with van der Waals surface area (Å²) in [5, 5.41) is 4.93. The molecule has 4 rings (SSSR count). The van der Waals surface area contributed by atoms with Gasteiger partial charge in [0.05, 0.1) is 5.69 Å². The summed E-state index contributed by atoms with van der Waals surface area (Å²) < 4.78 is 0.978. The summed E-state index contributed by atoms with van der Waals surface area (Å²) in [4.78, 5) is 43.3. The van der Waals surface area contributed by atoms with E-state index in [-0.39, 0.29) is 30.6 Å². The molecule has 3 amide bonds. The van der Waals surface area contributed by atoms with Crippen molar-refractivity contribution in [2.45, 2.75) is 35.9 Å². The van der Waals surface area contributed by atoms with Gasteiger partial charge in [-0.1, -0.05) is 17.8 Å². The molecule has 152 valence electrons. The van der Waals surface area contributed by atoms with E-state index in [1.807, 2.05) is 37.4 Å². The highest BCUT2D eigenvalue weighted by Gasteiger charge is 2.30. The van der Waals surface area contributed by atoms with Crippen LogP contribution in [0, 0.1) is 13.8 Å². The van der Waals surface area contributed by atoms with E-state index < -0.39 is 0 Å². The van der Waals surface area contributed by atoms with Gasteiger partial charge in [0.1, 0.15) is 0 Å². The third kappa shape index (κ3) is 4.29. The molecule has 1 fully saturated rings. The standard InChI is InChI=1S/C22H19N3O3S2/c1-13-10-17(30-22-23-14(2)12-29-22)6-7-18(13)24-21(28)15-4-3-5-16(11-15)25-19(26)8-9-20(25)27/h3-7,10-12H,8-9H2,1-2H3,(H,24,28). The number of benzene rings is 2. The molecule has 1 aliphatic heterocycles. The Morgan fingerprint density at radius 1 is 1.10 bits per heavy atom. The van der Waals surface area contributed by atoms with Crippen molar-refractivity contribution in [3.05, 3.63) is 64.7 Å². The summed E-state index contributed by atoms with van der Waals surface area (Å²) in [6.07, 6.45) is 0.415. The first kappa shape index (κ1) is 20.3. The Morgan fingerprint density at radius 3 is 2.53 bits per heavy atom. The molecule has 30 heavy (non-hydrogen) atoms. The van der Waals surface area contributed by atoms with Crippen LogP contribution in [-0.4, -0.2) is 22.7 Å². The first-order chi connectivity index (χ1) is 14.4. The van der Waals surface area contributed by atoms with Gasteiger partial charge < -0.3 is 5.32 Å². The van der Waals surface area contributed by atoms with Crippen LogP contribution in [0.3, 0.4) is 0 Å². The van der Waals surface area contributed by atoms with Gasteiger partial charge in [-0.2, -0.15) is 0 Å². The van der Waals surface area contributed by atoms with Crippen LogP contribution in [0.1, 0.15) is 34.5 Å². The molecular formula is C22H19N3O3S2. The van der Waals surface area contributed by atoms with Crippen molar-refractivity contribution in [3.8, 4) is 0 Å². The van der Waals surface area contributed by atoms with Crippen molar-refractivity contribution in [2.75, 3.05) is 10.2 Å². The number of nitrogens with zero attached hydrogens (tertiary/aromatic N) is 2. The molecule has 1 aromatic heterocycles. The summed E-state index contributed by atoms with van der Waals surface area (Å²) in [5.41, 5.74) is 3.46. The van der Waals surface area contributed by atoms with Crippen molar-refractivity contribution in [2.24, 2.45) is 0 Å². The minimum Gasteiger partial charge on any atom is -0.322 e. The molecule has 8 heteroatoms. The van der Waals surface area contributed by atoms with Gasteiger partial charge in [-0.05, 0) is 55.8 Å². The summed E-state index contributed by atoms with van der Waals surface area (Å²) in [7, 11) is 0. The molecule has 2 heterocycles. The van der Waals surface area contributed by atoms with E-state index >= 15 is 0 Å². The summed E-state index contributed by atoms with van der Waals surface area (Å²) in [6, 6.07) is 12.4. The van der Waals surface area contributed by atoms with Gasteiger partial charge in [0.25, 0.3) is 5.91 Å². The lowest BCUT2D eigenvalue weighted by molar-refractivity contribution is -0.121. The Kier molecular flexibility index (Phi) is 5.69. The van der Waals surface area contributed by atoms with Crippen LogP contribution in [-0.2, 0) is 9.59 Å². The molecule has 0 unspecified atom stereocenters. The third-order valence-electron chi connectivity index (χ3n) is 4.67. The number of nitrogens with one attached hydrogen (secondary N) is 1. The second-order valence-electron chi connectivity index (χ2n) is 6.96. The minimum absolute atomic E-state index is 0.208. The molecule has 2 aromatic carbocycles. The van der Waals surface area contributed by atoms with Crippen molar-refractivity contribution in [1.82, 2.24) is 4.98 Å². The number of amides is 3. The molecule has 1 N–H and O–H groups in total. The average molecular weight is 438 g/mol. The predicted octanol–water partition coefficient (Wildman–Crippen LogP) is 4.82. The fraction of sp³-hybridized carbons (Fsp3) is 0.182. The first-order valence-electron chi connectivity index (χ1n) is 9.38. The Labute approximate surface area is 182 Å². The highest BCUT2D eigenvalue weighted by molar-refractivity contribution is 8.01. The van der Waals surface area contributed by atoms with Gasteiger partial charge in [-0.3, -0.25) is 19.3 Å². The SMILES string of the molecule is Cc1csc(Sc2ccc(NC(=O)c3cccc(N4C(=O)CCC4=O)c3)c(C)c2)n1. The third-order valence-corrected chi connectivity index (χ3v) is 6.71. The predicted molar refractivity (Wildman–Crippen MR) is 118 cm³/mol. The van der Waals surface area contributed by atoms with Crippen molar-refractivity contribution in [3.63, 3.8) is 0 Å². The van der Waals surface area contributed by atoms with E-state index in [0.717, 1.165) is 25.4 Å². The molecular weight excluding hydrogens is 418 g/mol.